The van der Waals surface area contributed by atoms with Crippen molar-refractivity contribution in [2.75, 3.05) is 0 Å². The van der Waals surface area contributed by atoms with Crippen molar-refractivity contribution in [3.8, 4) is 0 Å². The summed E-state index contributed by atoms with van der Waals surface area (Å²) in [5.74, 6) is 0.168. The highest BCUT2D eigenvalue weighted by Crippen LogP contribution is 2.08. The van der Waals surface area contributed by atoms with Crippen LogP contribution in [0.15, 0.2) is 15.9 Å². The van der Waals surface area contributed by atoms with Crippen molar-refractivity contribution in [2.45, 2.75) is 46.2 Å². The van der Waals surface area contributed by atoms with E-state index in [1.807, 2.05) is 0 Å². The maximum atomic E-state index is 12.4. The van der Waals surface area contributed by atoms with E-state index < -0.39 is 0 Å². The molecule has 0 unspecified atom stereocenters. The summed E-state index contributed by atoms with van der Waals surface area (Å²) < 4.78 is 4.37. The van der Waals surface area contributed by atoms with Crippen LogP contribution in [0.1, 0.15) is 33.1 Å². The first-order valence-electron chi connectivity index (χ1n) is 7.11. The van der Waals surface area contributed by atoms with Crippen LogP contribution < -0.4 is 11.2 Å². The largest absolute Gasteiger partial charge is 0.332 e. The third kappa shape index (κ3) is 2.81. The van der Waals surface area contributed by atoms with E-state index in [9.17, 15) is 14.4 Å². The van der Waals surface area contributed by atoms with Crippen LogP contribution in [0.3, 0.4) is 0 Å². The molecule has 2 aromatic heterocycles. The summed E-state index contributed by atoms with van der Waals surface area (Å²) in [6.07, 6.45) is 3.70. The molecule has 0 aromatic carbocycles. The predicted octanol–water partition coefficient (Wildman–Crippen LogP) is 0.676. The lowest BCUT2D eigenvalue weighted by atomic mass is 10.2. The number of carbonyl (C=O) groups is 1. The number of Topliss-reactive ketones (excluding diaryl/α,β-unsaturated/α-hetero) is 1. The maximum Gasteiger partial charge on any atom is 0.332 e. The number of ketones is 1. The van der Waals surface area contributed by atoms with Crippen molar-refractivity contribution >= 4 is 16.9 Å². The summed E-state index contributed by atoms with van der Waals surface area (Å²) >= 11 is 0. The summed E-state index contributed by atoms with van der Waals surface area (Å²) in [4.78, 5) is 39.5. The van der Waals surface area contributed by atoms with Crippen LogP contribution in [0.2, 0.25) is 0 Å². The van der Waals surface area contributed by atoms with Gasteiger partial charge in [-0.2, -0.15) is 0 Å². The van der Waals surface area contributed by atoms with Gasteiger partial charge in [0, 0.05) is 26.6 Å². The molecule has 0 aliphatic rings. The molecule has 0 N–H and O–H groups in total. The first-order chi connectivity index (χ1) is 9.97. The molecular weight excluding hydrogens is 272 g/mol. The van der Waals surface area contributed by atoms with Crippen LogP contribution in [0.5, 0.6) is 0 Å². The second kappa shape index (κ2) is 6.07. The van der Waals surface area contributed by atoms with Gasteiger partial charge in [-0.3, -0.25) is 13.9 Å². The van der Waals surface area contributed by atoms with Gasteiger partial charge in [-0.25, -0.2) is 9.78 Å². The molecule has 0 spiro atoms. The summed E-state index contributed by atoms with van der Waals surface area (Å²) in [6, 6.07) is 0. The highest BCUT2D eigenvalue weighted by atomic mass is 16.2. The van der Waals surface area contributed by atoms with Gasteiger partial charge in [0.05, 0.1) is 6.33 Å². The van der Waals surface area contributed by atoms with E-state index in [0.717, 1.165) is 12.8 Å². The number of hydrogen-bond donors (Lipinski definition) is 0. The van der Waals surface area contributed by atoms with Crippen LogP contribution in [-0.2, 0) is 24.9 Å². The average molecular weight is 292 g/mol. The molecule has 7 heteroatoms. The van der Waals surface area contributed by atoms with Crippen molar-refractivity contribution in [1.29, 1.82) is 0 Å². The molecule has 0 atom stereocenters. The Morgan fingerprint density at radius 1 is 1.29 bits per heavy atom. The summed E-state index contributed by atoms with van der Waals surface area (Å²) in [7, 11) is 1.61. The van der Waals surface area contributed by atoms with Gasteiger partial charge in [0.1, 0.15) is 5.78 Å². The highest BCUT2D eigenvalue weighted by Gasteiger charge is 2.14. The summed E-state index contributed by atoms with van der Waals surface area (Å²) in [5.41, 5.74) is 0.194. The van der Waals surface area contributed by atoms with Crippen molar-refractivity contribution in [1.82, 2.24) is 18.7 Å². The second-order valence-electron chi connectivity index (χ2n) is 5.16. The number of fused-ring (bicyclic) bond motifs is 1. The molecule has 114 valence electrons. The number of carbonyl (C=O) groups excluding carboxylic acids is 1. The Kier molecular flexibility index (Phi) is 4.40. The minimum Gasteiger partial charge on any atom is -0.325 e. The maximum absolute atomic E-state index is 12.4. The van der Waals surface area contributed by atoms with Crippen molar-refractivity contribution < 1.29 is 4.79 Å². The second-order valence-corrected chi connectivity index (χ2v) is 5.16. The lowest BCUT2D eigenvalue weighted by Gasteiger charge is -2.07. The van der Waals surface area contributed by atoms with Crippen molar-refractivity contribution in [2.24, 2.45) is 7.05 Å². The molecule has 0 bridgehead atoms. The smallest absolute Gasteiger partial charge is 0.325 e. The van der Waals surface area contributed by atoms with Gasteiger partial charge in [-0.1, -0.05) is 0 Å². The minimum atomic E-state index is -0.350. The van der Waals surface area contributed by atoms with Gasteiger partial charge in [-0.15, -0.1) is 0 Å². The topological polar surface area (TPSA) is 78.9 Å². The number of hydrogen-bond acceptors (Lipinski definition) is 4. The minimum absolute atomic E-state index is 0.168. The number of aryl methyl sites for hydroxylation is 2. The zero-order valence-corrected chi connectivity index (χ0v) is 12.6. The molecule has 0 fully saturated rings. The molecule has 0 saturated heterocycles. The first kappa shape index (κ1) is 15.2. The van der Waals surface area contributed by atoms with Gasteiger partial charge in [0.2, 0.25) is 0 Å². The fourth-order valence-corrected chi connectivity index (χ4v) is 2.43. The Bertz CT molecular complexity index is 782. The van der Waals surface area contributed by atoms with Crippen molar-refractivity contribution in [3.63, 3.8) is 0 Å². The predicted molar refractivity (Wildman–Crippen MR) is 79.4 cm³/mol. The lowest BCUT2D eigenvalue weighted by Crippen LogP contribution is -2.39. The highest BCUT2D eigenvalue weighted by molar-refractivity contribution is 5.75. The number of rotatable bonds is 6. The van der Waals surface area contributed by atoms with E-state index in [4.69, 9.17) is 0 Å². The third-order valence-electron chi connectivity index (χ3n) is 3.60. The molecule has 2 heterocycles. The zero-order chi connectivity index (χ0) is 15.6. The van der Waals surface area contributed by atoms with Crippen LogP contribution in [0.25, 0.3) is 11.2 Å². The first-order valence-corrected chi connectivity index (χ1v) is 7.11. The molecular formula is C14H20N4O3. The standard InChI is InChI=1S/C14H20N4O3/c1-4-18-13(20)11-12(16(3)14(18)21)15-9-17(11)8-6-5-7-10(2)19/h9H,4-8H2,1-3H3. The monoisotopic (exact) mass is 292 g/mol. The molecule has 2 aromatic rings. The zero-order valence-electron chi connectivity index (χ0n) is 12.6. The summed E-state index contributed by atoms with van der Waals surface area (Å²) in [5, 5.41) is 0. The number of unbranched alkanes of at least 4 members (excludes halogenated alkanes) is 1. The van der Waals surface area contributed by atoms with Gasteiger partial charge < -0.3 is 9.36 Å². The van der Waals surface area contributed by atoms with Gasteiger partial charge >= 0.3 is 5.69 Å². The molecule has 2 rings (SSSR count). The van der Waals surface area contributed by atoms with Crippen LogP contribution in [0.4, 0.5) is 0 Å². The quantitative estimate of drug-likeness (QED) is 0.733. The van der Waals surface area contributed by atoms with E-state index in [-0.39, 0.29) is 17.0 Å². The molecule has 21 heavy (non-hydrogen) atoms. The SMILES string of the molecule is CCn1c(=O)c2c(ncn2CCCCC(C)=O)n(C)c1=O. The van der Waals surface area contributed by atoms with Gasteiger partial charge in [0.15, 0.2) is 11.2 Å². The number of nitrogens with zero attached hydrogens (tertiary/aromatic N) is 4. The fraction of sp³-hybridized carbons (Fsp3) is 0.571. The van der Waals surface area contributed by atoms with E-state index in [1.165, 1.54) is 9.13 Å². The molecule has 0 aliphatic carbocycles. The molecule has 0 saturated carbocycles. The normalized spacial score (nSPS) is 11.2. The number of imidazole rings is 1. The fourth-order valence-electron chi connectivity index (χ4n) is 2.43. The van der Waals surface area contributed by atoms with Crippen LogP contribution in [-0.4, -0.2) is 24.5 Å². The van der Waals surface area contributed by atoms with Gasteiger partial charge in [-0.05, 0) is 26.7 Å². The van der Waals surface area contributed by atoms with Crippen LogP contribution in [0, 0.1) is 0 Å². The van der Waals surface area contributed by atoms with E-state index in [1.54, 1.807) is 31.8 Å². The Hall–Kier alpha value is -2.18. The number of aromatic nitrogens is 4. The molecule has 0 radical (unpaired) electrons. The van der Waals surface area contributed by atoms with Crippen molar-refractivity contribution in [3.05, 3.63) is 27.2 Å². The Labute approximate surface area is 121 Å². The lowest BCUT2D eigenvalue weighted by molar-refractivity contribution is -0.117. The Morgan fingerprint density at radius 3 is 2.62 bits per heavy atom. The molecule has 7 nitrogen and oxygen atoms in total. The average Bonchev–Trinajstić information content (AvgIpc) is 2.86. The third-order valence-corrected chi connectivity index (χ3v) is 3.60. The molecule has 0 aliphatic heterocycles. The molecule has 0 amide bonds. The van der Waals surface area contributed by atoms with E-state index >= 15 is 0 Å². The van der Waals surface area contributed by atoms with Crippen LogP contribution >= 0.6 is 0 Å². The van der Waals surface area contributed by atoms with E-state index in [0.29, 0.717) is 30.7 Å². The Morgan fingerprint density at radius 2 is 2.00 bits per heavy atom. The van der Waals surface area contributed by atoms with E-state index in [2.05, 4.69) is 4.98 Å². The Balaban J connectivity index is 2.39. The summed E-state index contributed by atoms with van der Waals surface area (Å²) in [6.45, 7) is 4.28. The van der Waals surface area contributed by atoms with Gasteiger partial charge in [0.25, 0.3) is 5.56 Å².